The minimum absolute atomic E-state index is 0.852. The van der Waals surface area contributed by atoms with E-state index < -0.39 is 11.8 Å². The molecule has 0 aromatic carbocycles. The molecule has 0 aliphatic rings. The molecule has 0 N–H and O–H groups in total. The molecule has 1 nitrogen and oxygen atoms in total. The van der Waals surface area contributed by atoms with Gasteiger partial charge in [0.1, 0.15) is 6.17 Å². The first-order chi connectivity index (χ1) is 3.50. The normalized spacial score (nSPS) is 21.5. The van der Waals surface area contributed by atoms with E-state index in [1.807, 2.05) is 0 Å². The maximum Gasteiger partial charge on any atom is 0.241 e. The predicted molar refractivity (Wildman–Crippen MR) is 25.8 cm³/mol. The second-order valence-corrected chi connectivity index (χ2v) is 1.79. The standard InChI is InChI=1S/C5H7F2O/c1-4(6)5(2,7)3-8/h4H,1-2H3. The second kappa shape index (κ2) is 2.20. The fraction of sp³-hybridized carbons (Fsp3) is 0.800. The fourth-order valence-corrected chi connectivity index (χ4v) is 0.0812. The van der Waals surface area contributed by atoms with E-state index in [1.165, 1.54) is 0 Å². The van der Waals surface area contributed by atoms with Gasteiger partial charge in [-0.25, -0.2) is 8.78 Å². The average molecular weight is 121 g/mol. The first kappa shape index (κ1) is 7.53. The number of carbonyl (C=O) groups excluding carboxylic acids is 1. The van der Waals surface area contributed by atoms with Crippen LogP contribution in [0.3, 0.4) is 0 Å². The maximum absolute atomic E-state index is 12.1. The highest BCUT2D eigenvalue weighted by molar-refractivity contribution is 5.63. The van der Waals surface area contributed by atoms with Crippen molar-refractivity contribution in [1.82, 2.24) is 0 Å². The van der Waals surface area contributed by atoms with E-state index in [-0.39, 0.29) is 0 Å². The van der Waals surface area contributed by atoms with Crippen LogP contribution in [0.1, 0.15) is 13.8 Å². The minimum Gasteiger partial charge on any atom is -0.287 e. The summed E-state index contributed by atoms with van der Waals surface area (Å²) in [7, 11) is 0. The van der Waals surface area contributed by atoms with Crippen molar-refractivity contribution >= 4 is 6.29 Å². The third kappa shape index (κ3) is 1.56. The molecule has 3 heteroatoms. The lowest BCUT2D eigenvalue weighted by Gasteiger charge is -2.11. The third-order valence-electron chi connectivity index (χ3n) is 0.947. The summed E-state index contributed by atoms with van der Waals surface area (Å²) in [5.74, 6) is 0. The molecule has 0 aromatic heterocycles. The minimum atomic E-state index is -2.43. The predicted octanol–water partition coefficient (Wildman–Crippen LogP) is 1.18. The molecular weight excluding hydrogens is 114 g/mol. The van der Waals surface area contributed by atoms with Gasteiger partial charge in [-0.2, -0.15) is 0 Å². The molecule has 0 saturated heterocycles. The van der Waals surface area contributed by atoms with E-state index >= 15 is 0 Å². The largest absolute Gasteiger partial charge is 0.287 e. The topological polar surface area (TPSA) is 17.1 Å². The van der Waals surface area contributed by atoms with E-state index in [1.54, 1.807) is 0 Å². The first-order valence-electron chi connectivity index (χ1n) is 2.23. The van der Waals surface area contributed by atoms with Gasteiger partial charge in [0.25, 0.3) is 0 Å². The van der Waals surface area contributed by atoms with E-state index in [9.17, 15) is 13.6 Å². The summed E-state index contributed by atoms with van der Waals surface area (Å²) in [6.07, 6.45) is -0.829. The van der Waals surface area contributed by atoms with Gasteiger partial charge in [-0.3, -0.25) is 4.79 Å². The van der Waals surface area contributed by atoms with Crippen molar-refractivity contribution in [2.45, 2.75) is 25.7 Å². The van der Waals surface area contributed by atoms with Gasteiger partial charge < -0.3 is 0 Å². The Morgan fingerprint density at radius 1 is 1.75 bits per heavy atom. The Morgan fingerprint density at radius 3 is 2.12 bits per heavy atom. The smallest absolute Gasteiger partial charge is 0.241 e. The molecule has 2 unspecified atom stereocenters. The summed E-state index contributed by atoms with van der Waals surface area (Å²) in [5.41, 5.74) is -2.43. The second-order valence-electron chi connectivity index (χ2n) is 1.79. The zero-order chi connectivity index (χ0) is 6.78. The SMILES string of the molecule is CC(F)C(C)(F)[C]=O. The lowest BCUT2D eigenvalue weighted by molar-refractivity contribution is 0.141. The Bertz CT molecular complexity index is 88.4. The highest BCUT2D eigenvalue weighted by atomic mass is 19.2. The Labute approximate surface area is 46.7 Å². The number of hydrogen-bond acceptors (Lipinski definition) is 1. The number of rotatable bonds is 2. The molecule has 0 heterocycles. The van der Waals surface area contributed by atoms with Crippen LogP contribution < -0.4 is 0 Å². The maximum atomic E-state index is 12.1. The number of halogens is 2. The summed E-state index contributed by atoms with van der Waals surface area (Å²) in [4.78, 5) is 9.53. The van der Waals surface area contributed by atoms with Gasteiger partial charge >= 0.3 is 0 Å². The van der Waals surface area contributed by atoms with Gasteiger partial charge in [0, 0.05) is 0 Å². The molecule has 0 aliphatic heterocycles. The van der Waals surface area contributed by atoms with Crippen LogP contribution in [0.25, 0.3) is 0 Å². The van der Waals surface area contributed by atoms with E-state index in [2.05, 4.69) is 0 Å². The summed E-state index contributed by atoms with van der Waals surface area (Å²) < 4.78 is 24.0. The van der Waals surface area contributed by atoms with Gasteiger partial charge in [0.2, 0.25) is 12.0 Å². The Hall–Kier alpha value is -0.470. The van der Waals surface area contributed by atoms with Crippen LogP contribution in [-0.4, -0.2) is 18.1 Å². The van der Waals surface area contributed by atoms with Gasteiger partial charge in [0.15, 0.2) is 0 Å². The summed E-state index contributed by atoms with van der Waals surface area (Å²) in [5, 5.41) is 0. The van der Waals surface area contributed by atoms with E-state index in [0.29, 0.717) is 0 Å². The molecule has 0 rings (SSSR count). The van der Waals surface area contributed by atoms with Crippen molar-refractivity contribution in [2.75, 3.05) is 0 Å². The van der Waals surface area contributed by atoms with Gasteiger partial charge in [-0.15, -0.1) is 0 Å². The summed E-state index contributed by atoms with van der Waals surface area (Å²) in [6, 6.07) is 0. The lowest BCUT2D eigenvalue weighted by atomic mass is 10.1. The molecule has 2 atom stereocenters. The Kier molecular flexibility index (Phi) is 2.07. The summed E-state index contributed by atoms with van der Waals surface area (Å²) >= 11 is 0. The van der Waals surface area contributed by atoms with Gasteiger partial charge in [-0.1, -0.05) is 0 Å². The van der Waals surface area contributed by atoms with E-state index in [4.69, 9.17) is 0 Å². The molecule has 0 saturated carbocycles. The molecule has 47 valence electrons. The zero-order valence-corrected chi connectivity index (χ0v) is 4.74. The van der Waals surface area contributed by atoms with Crippen LogP contribution in [0, 0.1) is 0 Å². The molecule has 8 heavy (non-hydrogen) atoms. The quantitative estimate of drug-likeness (QED) is 0.536. The molecule has 0 amide bonds. The molecule has 1 radical (unpaired) electrons. The van der Waals surface area contributed by atoms with Crippen molar-refractivity contribution < 1.29 is 13.6 Å². The summed E-state index contributed by atoms with van der Waals surface area (Å²) in [6.45, 7) is 1.83. The van der Waals surface area contributed by atoms with Gasteiger partial charge in [-0.05, 0) is 13.8 Å². The molecular formula is C5H7F2O. The van der Waals surface area contributed by atoms with Crippen molar-refractivity contribution in [3.8, 4) is 0 Å². The van der Waals surface area contributed by atoms with Crippen molar-refractivity contribution in [2.24, 2.45) is 0 Å². The van der Waals surface area contributed by atoms with Gasteiger partial charge in [0.05, 0.1) is 0 Å². The van der Waals surface area contributed by atoms with Crippen molar-refractivity contribution in [1.29, 1.82) is 0 Å². The monoisotopic (exact) mass is 121 g/mol. The van der Waals surface area contributed by atoms with Crippen LogP contribution in [0.15, 0.2) is 0 Å². The highest BCUT2D eigenvalue weighted by Gasteiger charge is 2.31. The molecule has 0 fully saturated rings. The lowest BCUT2D eigenvalue weighted by Crippen LogP contribution is -2.30. The first-order valence-corrected chi connectivity index (χ1v) is 2.23. The fourth-order valence-electron chi connectivity index (χ4n) is 0.0812. The van der Waals surface area contributed by atoms with Crippen LogP contribution in [-0.2, 0) is 4.79 Å². The molecule has 0 aromatic rings. The van der Waals surface area contributed by atoms with Crippen LogP contribution in [0.2, 0.25) is 0 Å². The zero-order valence-electron chi connectivity index (χ0n) is 4.74. The van der Waals surface area contributed by atoms with Crippen LogP contribution in [0.5, 0.6) is 0 Å². The molecule has 0 spiro atoms. The van der Waals surface area contributed by atoms with E-state index in [0.717, 1.165) is 20.1 Å². The Morgan fingerprint density at radius 2 is 2.12 bits per heavy atom. The molecule has 0 bridgehead atoms. The number of alkyl halides is 2. The van der Waals surface area contributed by atoms with Crippen LogP contribution in [0.4, 0.5) is 8.78 Å². The number of hydrogen-bond donors (Lipinski definition) is 0. The van der Waals surface area contributed by atoms with Crippen molar-refractivity contribution in [3.05, 3.63) is 0 Å². The van der Waals surface area contributed by atoms with Crippen molar-refractivity contribution in [3.63, 3.8) is 0 Å². The Balaban J connectivity index is 3.90. The molecule has 0 aliphatic carbocycles. The van der Waals surface area contributed by atoms with Crippen LogP contribution >= 0.6 is 0 Å². The highest BCUT2D eigenvalue weighted by Crippen LogP contribution is 2.14. The average Bonchev–Trinajstić information content (AvgIpc) is 1.67. The third-order valence-corrected chi connectivity index (χ3v) is 0.947.